The molecule has 0 aromatic heterocycles. The SMILES string of the molecule is O=S(=O)(F)C(F)(F)C(F)(F)C(F)(F)C(F)(F)C(F)(F)C(F)(F)S(=O)(=O)F. The van der Waals surface area contributed by atoms with E-state index in [0.29, 0.717) is 0 Å². The van der Waals surface area contributed by atoms with Gasteiger partial charge in [-0.15, -0.1) is 0 Å². The summed E-state index contributed by atoms with van der Waals surface area (Å²) in [5.41, 5.74) is 0. The van der Waals surface area contributed by atoms with Crippen molar-refractivity contribution in [2.24, 2.45) is 0 Å². The van der Waals surface area contributed by atoms with Gasteiger partial charge in [0.25, 0.3) is 0 Å². The lowest BCUT2D eigenvalue weighted by molar-refractivity contribution is -0.407. The molecule has 0 heterocycles. The summed E-state index contributed by atoms with van der Waals surface area (Å²) >= 11 is 0. The first kappa shape index (κ1) is 24.9. The van der Waals surface area contributed by atoms with E-state index in [1.54, 1.807) is 0 Å². The predicted octanol–water partition coefficient (Wildman–Crippen LogP) is 3.31. The van der Waals surface area contributed by atoms with E-state index in [0.717, 1.165) is 0 Å². The second-order valence-corrected chi connectivity index (χ2v) is 6.98. The van der Waals surface area contributed by atoms with Crippen LogP contribution in [-0.4, -0.2) is 51.0 Å². The highest BCUT2D eigenvalue weighted by Crippen LogP contribution is 2.61. The summed E-state index contributed by atoms with van der Waals surface area (Å²) in [4.78, 5) is 0. The van der Waals surface area contributed by atoms with Crippen LogP contribution in [0.4, 0.5) is 60.5 Å². The van der Waals surface area contributed by atoms with Gasteiger partial charge in [-0.05, 0) is 0 Å². The summed E-state index contributed by atoms with van der Waals surface area (Å²) in [6.07, 6.45) is 0. The largest absolute Gasteiger partial charge is 0.442 e. The fraction of sp³-hybridized carbons (Fsp3) is 1.00. The van der Waals surface area contributed by atoms with Crippen molar-refractivity contribution in [1.29, 1.82) is 0 Å². The van der Waals surface area contributed by atoms with Crippen molar-refractivity contribution in [3.63, 3.8) is 0 Å². The second-order valence-electron chi connectivity index (χ2n) is 4.21. The monoisotopic (exact) mass is 466 g/mol. The Bertz CT molecular complexity index is 699. The molecule has 0 aliphatic carbocycles. The van der Waals surface area contributed by atoms with Crippen LogP contribution in [0.2, 0.25) is 0 Å². The molecule has 0 atom stereocenters. The van der Waals surface area contributed by atoms with Crippen LogP contribution in [0.15, 0.2) is 0 Å². The third kappa shape index (κ3) is 2.87. The maximum absolute atomic E-state index is 12.9. The Kier molecular flexibility index (Phi) is 5.47. The average Bonchev–Trinajstić information content (AvgIpc) is 2.34. The van der Waals surface area contributed by atoms with Gasteiger partial charge in [-0.1, -0.05) is 7.77 Å². The molecule has 26 heavy (non-hydrogen) atoms. The highest BCUT2D eigenvalue weighted by molar-refractivity contribution is 7.87. The van der Waals surface area contributed by atoms with Crippen LogP contribution in [0.1, 0.15) is 0 Å². The van der Waals surface area contributed by atoms with E-state index in [9.17, 15) is 77.3 Å². The Balaban J connectivity index is 6.80. The Morgan fingerprint density at radius 2 is 0.538 bits per heavy atom. The fourth-order valence-corrected chi connectivity index (χ4v) is 1.93. The zero-order valence-electron chi connectivity index (χ0n) is 10.7. The summed E-state index contributed by atoms with van der Waals surface area (Å²) in [5, 5.41) is -15.8. The van der Waals surface area contributed by atoms with Crippen molar-refractivity contribution in [1.82, 2.24) is 0 Å². The zero-order valence-corrected chi connectivity index (χ0v) is 12.4. The van der Waals surface area contributed by atoms with Crippen molar-refractivity contribution in [2.75, 3.05) is 0 Å². The van der Waals surface area contributed by atoms with Crippen LogP contribution in [0.25, 0.3) is 0 Å². The van der Waals surface area contributed by atoms with Crippen LogP contribution in [0.3, 0.4) is 0 Å². The van der Waals surface area contributed by atoms with Crippen LogP contribution < -0.4 is 0 Å². The number of hydrogen-bond donors (Lipinski definition) is 0. The van der Waals surface area contributed by atoms with Crippen molar-refractivity contribution >= 4 is 20.4 Å². The average molecular weight is 466 g/mol. The van der Waals surface area contributed by atoms with Crippen LogP contribution in [0, 0.1) is 0 Å². The molecule has 158 valence electrons. The van der Waals surface area contributed by atoms with Gasteiger partial charge in [0.05, 0.1) is 0 Å². The van der Waals surface area contributed by atoms with E-state index in [4.69, 9.17) is 0 Å². The fourth-order valence-electron chi connectivity index (χ4n) is 1.07. The lowest BCUT2D eigenvalue weighted by atomic mass is 9.98. The molecule has 4 nitrogen and oxygen atoms in total. The first-order chi connectivity index (χ1) is 10.8. The van der Waals surface area contributed by atoms with E-state index >= 15 is 0 Å². The number of halogens is 14. The first-order valence-electron chi connectivity index (χ1n) is 4.90. The minimum atomic E-state index is -8.56. The Morgan fingerprint density at radius 3 is 0.654 bits per heavy atom. The standard InChI is InChI=1S/C6F14O4S2/c7-1(8,3(11,12)5(15,16)25(19,21)22)2(9,10)4(13,14)6(17,18)26(20,23)24. The van der Waals surface area contributed by atoms with Gasteiger partial charge in [0, 0.05) is 0 Å². The predicted molar refractivity (Wildman–Crippen MR) is 49.7 cm³/mol. The summed E-state index contributed by atoms with van der Waals surface area (Å²) < 4.78 is 215. The number of hydrogen-bond acceptors (Lipinski definition) is 4. The first-order valence-corrected chi connectivity index (χ1v) is 7.67. The van der Waals surface area contributed by atoms with Gasteiger partial charge in [-0.3, -0.25) is 0 Å². The van der Waals surface area contributed by atoms with Gasteiger partial charge < -0.3 is 0 Å². The molecule has 0 aliphatic rings. The third-order valence-electron chi connectivity index (χ3n) is 2.53. The smallest absolute Gasteiger partial charge is 0.192 e. The van der Waals surface area contributed by atoms with E-state index in [1.807, 2.05) is 0 Å². The zero-order chi connectivity index (χ0) is 22.0. The maximum atomic E-state index is 12.9. The molecule has 0 saturated heterocycles. The molecule has 20 heteroatoms. The maximum Gasteiger partial charge on any atom is 0.442 e. The topological polar surface area (TPSA) is 68.3 Å². The number of rotatable bonds is 7. The van der Waals surface area contributed by atoms with Gasteiger partial charge in [0.15, 0.2) is 0 Å². The van der Waals surface area contributed by atoms with E-state index in [-0.39, 0.29) is 0 Å². The van der Waals surface area contributed by atoms with Crippen LogP contribution >= 0.6 is 0 Å². The van der Waals surface area contributed by atoms with Crippen LogP contribution in [-0.2, 0) is 20.4 Å². The minimum Gasteiger partial charge on any atom is -0.192 e. The Labute approximate surface area is 133 Å². The summed E-state index contributed by atoms with van der Waals surface area (Å²) in [7, 11) is -16.5. The molecule has 0 spiro atoms. The molecule has 0 rings (SSSR count). The molecule has 0 aromatic rings. The van der Waals surface area contributed by atoms with Crippen molar-refractivity contribution < 1.29 is 77.3 Å². The van der Waals surface area contributed by atoms with Gasteiger partial charge in [-0.25, -0.2) is 0 Å². The molecule has 0 amide bonds. The van der Waals surface area contributed by atoms with Crippen molar-refractivity contribution in [3.8, 4) is 0 Å². The summed E-state index contributed by atoms with van der Waals surface area (Å²) in [5.74, 6) is -33.8. The van der Waals surface area contributed by atoms with Gasteiger partial charge >= 0.3 is 54.6 Å². The molecular formula is C6F14O4S2. The van der Waals surface area contributed by atoms with Crippen molar-refractivity contribution in [3.05, 3.63) is 0 Å². The molecule has 0 saturated carbocycles. The van der Waals surface area contributed by atoms with Crippen LogP contribution in [0.5, 0.6) is 0 Å². The quantitative estimate of drug-likeness (QED) is 0.427. The van der Waals surface area contributed by atoms with E-state index in [1.165, 1.54) is 0 Å². The molecule has 0 N–H and O–H groups in total. The second kappa shape index (κ2) is 5.71. The number of alkyl halides is 12. The Hall–Kier alpha value is -1.08. The lowest BCUT2D eigenvalue weighted by Crippen LogP contribution is -2.72. The summed E-state index contributed by atoms with van der Waals surface area (Å²) in [6, 6.07) is 0. The highest BCUT2D eigenvalue weighted by atomic mass is 32.3. The van der Waals surface area contributed by atoms with Gasteiger partial charge in [-0.2, -0.15) is 69.5 Å². The lowest BCUT2D eigenvalue weighted by Gasteiger charge is -2.39. The molecule has 0 aliphatic heterocycles. The third-order valence-corrected chi connectivity index (χ3v) is 4.26. The minimum absolute atomic E-state index is 7.88. The molecule has 0 aromatic carbocycles. The molecule has 0 bridgehead atoms. The van der Waals surface area contributed by atoms with Gasteiger partial charge in [0.1, 0.15) is 0 Å². The van der Waals surface area contributed by atoms with E-state index in [2.05, 4.69) is 0 Å². The Morgan fingerprint density at radius 1 is 0.385 bits per heavy atom. The molecular weight excluding hydrogens is 466 g/mol. The van der Waals surface area contributed by atoms with E-state index < -0.39 is 54.6 Å². The summed E-state index contributed by atoms with van der Waals surface area (Å²) in [6.45, 7) is 0. The van der Waals surface area contributed by atoms with Crippen molar-refractivity contribution in [2.45, 2.75) is 34.2 Å². The highest BCUT2D eigenvalue weighted by Gasteiger charge is 2.93. The van der Waals surface area contributed by atoms with Gasteiger partial charge in [0.2, 0.25) is 0 Å². The molecule has 0 fully saturated rings. The normalized spacial score (nSPS) is 16.7. The molecule has 0 unspecified atom stereocenters. The molecule has 0 radical (unpaired) electrons.